The van der Waals surface area contributed by atoms with Gasteiger partial charge in [0.05, 0.1) is 6.54 Å². The number of amides is 1. The van der Waals surface area contributed by atoms with Gasteiger partial charge in [0.1, 0.15) is 5.82 Å². The van der Waals surface area contributed by atoms with Gasteiger partial charge < -0.3 is 9.80 Å². The third-order valence-corrected chi connectivity index (χ3v) is 5.96. The first kappa shape index (κ1) is 18.6. The highest BCUT2D eigenvalue weighted by molar-refractivity contribution is 7.15. The van der Waals surface area contributed by atoms with Crippen molar-refractivity contribution in [1.29, 1.82) is 0 Å². The summed E-state index contributed by atoms with van der Waals surface area (Å²) >= 11 is 1.63. The van der Waals surface area contributed by atoms with Crippen molar-refractivity contribution in [3.63, 3.8) is 0 Å². The molecule has 0 N–H and O–H groups in total. The fraction of sp³-hybridized carbons (Fsp3) is 0.273. The second-order valence-corrected chi connectivity index (χ2v) is 8.13. The number of hydrogen-bond acceptors (Lipinski definition) is 4. The molecule has 3 aromatic rings. The average Bonchev–Trinajstić information content (AvgIpc) is 3.39. The summed E-state index contributed by atoms with van der Waals surface area (Å²) in [6.07, 6.45) is 4.26. The molecule has 144 valence electrons. The van der Waals surface area contributed by atoms with Crippen LogP contribution in [0.1, 0.15) is 33.6 Å². The zero-order valence-corrected chi connectivity index (χ0v) is 16.6. The first-order chi connectivity index (χ1) is 13.6. The third kappa shape index (κ3) is 4.07. The summed E-state index contributed by atoms with van der Waals surface area (Å²) in [6.45, 7) is 4.54. The maximum Gasteiger partial charge on any atom is 0.258 e. The third-order valence-electron chi connectivity index (χ3n) is 4.91. The standard InChI is InChI=1S/C22H22FN3OS/c1-16-4-10-19(11-5-16)26(21(27)17-6-8-18(23)9-7-17)15-20-14-24-22(28-20)25-12-2-3-13-25/h4-11,14H,2-3,12-13,15H2,1H3. The molecule has 28 heavy (non-hydrogen) atoms. The highest BCUT2D eigenvalue weighted by Gasteiger charge is 2.21. The molecule has 4 nitrogen and oxygen atoms in total. The van der Waals surface area contributed by atoms with Crippen LogP contribution < -0.4 is 9.80 Å². The van der Waals surface area contributed by atoms with Crippen LogP contribution in [0.25, 0.3) is 0 Å². The maximum absolute atomic E-state index is 13.3. The normalized spacial score (nSPS) is 13.7. The van der Waals surface area contributed by atoms with Gasteiger partial charge in [-0.2, -0.15) is 0 Å². The van der Waals surface area contributed by atoms with Gasteiger partial charge in [-0.1, -0.05) is 17.7 Å². The van der Waals surface area contributed by atoms with Crippen LogP contribution in [0.4, 0.5) is 15.2 Å². The number of thiazole rings is 1. The van der Waals surface area contributed by atoms with Crippen LogP contribution in [0.5, 0.6) is 0 Å². The number of hydrogen-bond donors (Lipinski definition) is 0. The topological polar surface area (TPSA) is 36.4 Å². The van der Waals surface area contributed by atoms with Gasteiger partial charge in [-0.05, 0) is 56.2 Å². The minimum Gasteiger partial charge on any atom is -0.348 e. The molecule has 2 heterocycles. The molecule has 0 atom stereocenters. The molecular weight excluding hydrogens is 373 g/mol. The molecule has 1 saturated heterocycles. The van der Waals surface area contributed by atoms with E-state index in [1.54, 1.807) is 16.2 Å². The Morgan fingerprint density at radius 3 is 2.46 bits per heavy atom. The molecule has 1 aliphatic heterocycles. The van der Waals surface area contributed by atoms with Crippen molar-refractivity contribution in [2.45, 2.75) is 26.3 Å². The average molecular weight is 396 g/mol. The number of halogens is 1. The van der Waals surface area contributed by atoms with Gasteiger partial charge in [-0.3, -0.25) is 4.79 Å². The quantitative estimate of drug-likeness (QED) is 0.607. The number of aryl methyl sites for hydroxylation is 1. The number of carbonyl (C=O) groups excluding carboxylic acids is 1. The molecule has 1 amide bonds. The van der Waals surface area contributed by atoms with Crippen molar-refractivity contribution < 1.29 is 9.18 Å². The van der Waals surface area contributed by atoms with Crippen molar-refractivity contribution in [3.8, 4) is 0 Å². The van der Waals surface area contributed by atoms with Crippen LogP contribution in [0, 0.1) is 12.7 Å². The number of rotatable bonds is 5. The lowest BCUT2D eigenvalue weighted by Gasteiger charge is -2.22. The first-order valence-electron chi connectivity index (χ1n) is 9.44. The monoisotopic (exact) mass is 395 g/mol. The molecular formula is C22H22FN3OS. The molecule has 0 radical (unpaired) electrons. The number of anilines is 2. The summed E-state index contributed by atoms with van der Waals surface area (Å²) in [7, 11) is 0. The molecule has 0 saturated carbocycles. The van der Waals surface area contributed by atoms with Gasteiger partial charge in [-0.25, -0.2) is 9.37 Å². The molecule has 0 spiro atoms. The van der Waals surface area contributed by atoms with E-state index in [1.807, 2.05) is 37.4 Å². The fourth-order valence-corrected chi connectivity index (χ4v) is 4.28. The largest absolute Gasteiger partial charge is 0.348 e. The van der Waals surface area contributed by atoms with Gasteiger partial charge in [-0.15, -0.1) is 11.3 Å². The Morgan fingerprint density at radius 1 is 1.11 bits per heavy atom. The van der Waals surface area contributed by atoms with Crippen LogP contribution in [-0.2, 0) is 6.54 Å². The molecule has 0 unspecified atom stereocenters. The van der Waals surface area contributed by atoms with E-state index in [9.17, 15) is 9.18 Å². The lowest BCUT2D eigenvalue weighted by molar-refractivity contribution is 0.0985. The summed E-state index contributed by atoms with van der Waals surface area (Å²) in [5, 5.41) is 1.02. The van der Waals surface area contributed by atoms with Gasteiger partial charge in [0.15, 0.2) is 5.13 Å². The van der Waals surface area contributed by atoms with E-state index >= 15 is 0 Å². The van der Waals surface area contributed by atoms with Gasteiger partial charge in [0.2, 0.25) is 0 Å². The van der Waals surface area contributed by atoms with Crippen LogP contribution >= 0.6 is 11.3 Å². The highest BCUT2D eigenvalue weighted by Crippen LogP contribution is 2.29. The van der Waals surface area contributed by atoms with E-state index in [-0.39, 0.29) is 11.7 Å². The van der Waals surface area contributed by atoms with E-state index in [0.29, 0.717) is 12.1 Å². The molecule has 4 rings (SSSR count). The Hall–Kier alpha value is -2.73. The SMILES string of the molecule is Cc1ccc(N(Cc2cnc(N3CCCC3)s2)C(=O)c2ccc(F)cc2)cc1. The minimum absolute atomic E-state index is 0.153. The zero-order valence-electron chi connectivity index (χ0n) is 15.8. The van der Waals surface area contributed by atoms with Crippen LogP contribution in [0.2, 0.25) is 0 Å². The molecule has 1 aromatic heterocycles. The second-order valence-electron chi connectivity index (χ2n) is 7.04. The van der Waals surface area contributed by atoms with Crippen molar-refractivity contribution in [2.24, 2.45) is 0 Å². The van der Waals surface area contributed by atoms with E-state index in [0.717, 1.165) is 34.3 Å². The number of benzene rings is 2. The van der Waals surface area contributed by atoms with Crippen molar-refractivity contribution >= 4 is 28.1 Å². The summed E-state index contributed by atoms with van der Waals surface area (Å²) in [6, 6.07) is 13.6. The van der Waals surface area contributed by atoms with Crippen LogP contribution in [0.15, 0.2) is 54.7 Å². The lowest BCUT2D eigenvalue weighted by atomic mass is 10.1. The molecule has 2 aromatic carbocycles. The zero-order chi connectivity index (χ0) is 19.5. The lowest BCUT2D eigenvalue weighted by Crippen LogP contribution is -2.30. The Morgan fingerprint density at radius 2 is 1.79 bits per heavy atom. The summed E-state index contributed by atoms with van der Waals surface area (Å²) in [4.78, 5) is 22.8. The van der Waals surface area contributed by atoms with Gasteiger partial charge in [0.25, 0.3) is 5.91 Å². The minimum atomic E-state index is -0.351. The molecule has 1 fully saturated rings. The summed E-state index contributed by atoms with van der Waals surface area (Å²) in [5.41, 5.74) is 2.41. The van der Waals surface area contributed by atoms with E-state index < -0.39 is 0 Å². The Balaban J connectivity index is 1.62. The van der Waals surface area contributed by atoms with Crippen LogP contribution in [0.3, 0.4) is 0 Å². The van der Waals surface area contributed by atoms with E-state index in [2.05, 4.69) is 9.88 Å². The Kier molecular flexibility index (Phi) is 5.39. The van der Waals surface area contributed by atoms with E-state index in [4.69, 9.17) is 0 Å². The summed E-state index contributed by atoms with van der Waals surface area (Å²) in [5.74, 6) is -0.504. The van der Waals surface area contributed by atoms with Gasteiger partial charge >= 0.3 is 0 Å². The molecule has 6 heteroatoms. The van der Waals surface area contributed by atoms with Gasteiger partial charge in [0, 0.05) is 35.4 Å². The number of nitrogens with zero attached hydrogens (tertiary/aromatic N) is 3. The first-order valence-corrected chi connectivity index (χ1v) is 10.3. The maximum atomic E-state index is 13.3. The van der Waals surface area contributed by atoms with Crippen molar-refractivity contribution in [1.82, 2.24) is 4.98 Å². The number of aromatic nitrogens is 1. The molecule has 1 aliphatic rings. The molecule has 0 bridgehead atoms. The van der Waals surface area contributed by atoms with E-state index in [1.165, 1.54) is 37.1 Å². The van der Waals surface area contributed by atoms with Crippen molar-refractivity contribution in [3.05, 3.63) is 76.5 Å². The Labute approximate surface area is 168 Å². The van der Waals surface area contributed by atoms with Crippen LogP contribution in [-0.4, -0.2) is 24.0 Å². The Bertz CT molecular complexity index is 947. The fourth-order valence-electron chi connectivity index (χ4n) is 3.33. The van der Waals surface area contributed by atoms with Crippen molar-refractivity contribution in [2.75, 3.05) is 22.9 Å². The second kappa shape index (κ2) is 8.10. The molecule has 0 aliphatic carbocycles. The predicted octanol–water partition coefficient (Wildman–Crippen LogP) is 5.04. The highest BCUT2D eigenvalue weighted by atomic mass is 32.1. The predicted molar refractivity (Wildman–Crippen MR) is 112 cm³/mol. The smallest absolute Gasteiger partial charge is 0.258 e. The summed E-state index contributed by atoms with van der Waals surface area (Å²) < 4.78 is 13.3. The number of carbonyl (C=O) groups is 1.